The molecule has 6 heteroatoms. The van der Waals surface area contributed by atoms with Crippen LogP contribution in [0.15, 0.2) is 12.3 Å². The molecule has 1 unspecified atom stereocenters. The van der Waals surface area contributed by atoms with Crippen LogP contribution in [0.4, 0.5) is 0 Å². The second-order valence-corrected chi connectivity index (χ2v) is 4.24. The summed E-state index contributed by atoms with van der Waals surface area (Å²) >= 11 is 0. The number of carboxylic acids is 1. The van der Waals surface area contributed by atoms with E-state index in [2.05, 4.69) is 10.00 Å². The summed E-state index contributed by atoms with van der Waals surface area (Å²) in [5.74, 6) is -0.782. The van der Waals surface area contributed by atoms with Crippen LogP contribution >= 0.6 is 0 Å². The lowest BCUT2D eigenvalue weighted by Crippen LogP contribution is -2.46. The zero-order valence-electron chi connectivity index (χ0n) is 9.87. The number of aliphatic carboxylic acids is 1. The molecule has 94 valence electrons. The zero-order valence-corrected chi connectivity index (χ0v) is 9.87. The van der Waals surface area contributed by atoms with Crippen LogP contribution in [0.1, 0.15) is 12.1 Å². The van der Waals surface area contributed by atoms with Gasteiger partial charge in [-0.05, 0) is 6.07 Å². The number of hydrogen-bond donors (Lipinski definition) is 1. The van der Waals surface area contributed by atoms with Gasteiger partial charge in [-0.25, -0.2) is 0 Å². The number of carbonyl (C=O) groups is 1. The maximum absolute atomic E-state index is 10.8. The Balaban J connectivity index is 2.01. The van der Waals surface area contributed by atoms with Crippen LogP contribution in [0, 0.1) is 0 Å². The standard InChI is InChI=1S/C11H17N3O3/c1-13-9(2-3-12-13)7-14-4-5-17-8-10(14)6-11(15)16/h2-3,10H,4-8H2,1H3,(H,15,16). The Morgan fingerprint density at radius 3 is 3.18 bits per heavy atom. The molecule has 1 aromatic rings. The molecule has 0 spiro atoms. The third kappa shape index (κ3) is 3.04. The smallest absolute Gasteiger partial charge is 0.305 e. The zero-order chi connectivity index (χ0) is 12.3. The summed E-state index contributed by atoms with van der Waals surface area (Å²) in [5, 5.41) is 13.0. The first kappa shape index (κ1) is 12.1. The molecule has 1 N–H and O–H groups in total. The summed E-state index contributed by atoms with van der Waals surface area (Å²) in [5.41, 5.74) is 1.09. The third-order valence-electron chi connectivity index (χ3n) is 3.05. The van der Waals surface area contributed by atoms with Gasteiger partial charge in [-0.1, -0.05) is 0 Å². The Kier molecular flexibility index (Phi) is 3.75. The Labute approximate surface area is 99.8 Å². The number of aromatic nitrogens is 2. The molecule has 1 fully saturated rings. The van der Waals surface area contributed by atoms with Crippen molar-refractivity contribution in [3.05, 3.63) is 18.0 Å². The molecule has 17 heavy (non-hydrogen) atoms. The molecule has 0 aliphatic carbocycles. The van der Waals surface area contributed by atoms with Crippen molar-refractivity contribution in [2.45, 2.75) is 19.0 Å². The van der Waals surface area contributed by atoms with Gasteiger partial charge in [0.05, 0.1) is 25.3 Å². The predicted octanol–water partition coefficient (Wildman–Crippen LogP) is 0.0956. The van der Waals surface area contributed by atoms with Crippen molar-refractivity contribution < 1.29 is 14.6 Å². The van der Waals surface area contributed by atoms with Crippen molar-refractivity contribution in [3.63, 3.8) is 0 Å². The molecule has 1 atom stereocenters. The van der Waals surface area contributed by atoms with E-state index < -0.39 is 5.97 Å². The quantitative estimate of drug-likeness (QED) is 0.807. The Morgan fingerprint density at radius 2 is 2.53 bits per heavy atom. The van der Waals surface area contributed by atoms with Gasteiger partial charge in [0, 0.05) is 32.4 Å². The van der Waals surface area contributed by atoms with Crippen LogP contribution in [0.25, 0.3) is 0 Å². The van der Waals surface area contributed by atoms with E-state index >= 15 is 0 Å². The molecular weight excluding hydrogens is 222 g/mol. The summed E-state index contributed by atoms with van der Waals surface area (Å²) in [6.07, 6.45) is 1.87. The second kappa shape index (κ2) is 5.29. The van der Waals surface area contributed by atoms with E-state index in [4.69, 9.17) is 9.84 Å². The molecule has 2 heterocycles. The highest BCUT2D eigenvalue weighted by Gasteiger charge is 2.25. The Bertz CT molecular complexity index is 391. The van der Waals surface area contributed by atoms with Crippen molar-refractivity contribution >= 4 is 5.97 Å². The van der Waals surface area contributed by atoms with E-state index in [1.165, 1.54) is 0 Å². The highest BCUT2D eigenvalue weighted by atomic mass is 16.5. The van der Waals surface area contributed by atoms with Crippen molar-refractivity contribution in [2.24, 2.45) is 7.05 Å². The molecule has 0 radical (unpaired) electrons. The van der Waals surface area contributed by atoms with E-state index in [1.807, 2.05) is 17.8 Å². The van der Waals surface area contributed by atoms with E-state index in [0.29, 0.717) is 13.2 Å². The van der Waals surface area contributed by atoms with Gasteiger partial charge in [-0.3, -0.25) is 14.4 Å². The number of carboxylic acid groups (broad SMARTS) is 1. The lowest BCUT2D eigenvalue weighted by Gasteiger charge is -2.34. The van der Waals surface area contributed by atoms with Crippen LogP contribution in [-0.2, 0) is 23.1 Å². The van der Waals surface area contributed by atoms with Crippen LogP contribution < -0.4 is 0 Å². The molecule has 1 aliphatic rings. The molecule has 6 nitrogen and oxygen atoms in total. The Morgan fingerprint density at radius 1 is 1.71 bits per heavy atom. The number of ether oxygens (including phenoxy) is 1. The lowest BCUT2D eigenvalue weighted by molar-refractivity contribution is -0.140. The minimum atomic E-state index is -0.782. The highest BCUT2D eigenvalue weighted by molar-refractivity contribution is 5.67. The van der Waals surface area contributed by atoms with Gasteiger partial charge in [0.25, 0.3) is 0 Å². The molecule has 0 aromatic carbocycles. The summed E-state index contributed by atoms with van der Waals surface area (Å²) in [7, 11) is 1.89. The maximum Gasteiger partial charge on any atom is 0.305 e. The largest absolute Gasteiger partial charge is 0.481 e. The van der Waals surface area contributed by atoms with Crippen LogP contribution in [0.5, 0.6) is 0 Å². The van der Waals surface area contributed by atoms with Gasteiger partial charge < -0.3 is 9.84 Å². The normalized spacial score (nSPS) is 21.6. The fourth-order valence-corrected chi connectivity index (χ4v) is 2.05. The van der Waals surface area contributed by atoms with Gasteiger partial charge >= 0.3 is 5.97 Å². The van der Waals surface area contributed by atoms with Crippen molar-refractivity contribution in [2.75, 3.05) is 19.8 Å². The molecule has 0 bridgehead atoms. The van der Waals surface area contributed by atoms with Gasteiger partial charge in [-0.2, -0.15) is 5.10 Å². The van der Waals surface area contributed by atoms with E-state index in [-0.39, 0.29) is 12.5 Å². The van der Waals surface area contributed by atoms with Crippen LogP contribution in [0.3, 0.4) is 0 Å². The molecular formula is C11H17N3O3. The Hall–Kier alpha value is -1.40. The fraction of sp³-hybridized carbons (Fsp3) is 0.636. The topological polar surface area (TPSA) is 67.6 Å². The van der Waals surface area contributed by atoms with Crippen molar-refractivity contribution in [1.29, 1.82) is 0 Å². The molecule has 2 rings (SSSR count). The average Bonchev–Trinajstić information content (AvgIpc) is 2.67. The minimum absolute atomic E-state index is 0.0452. The lowest BCUT2D eigenvalue weighted by atomic mass is 10.1. The summed E-state index contributed by atoms with van der Waals surface area (Å²) in [6, 6.07) is 1.91. The van der Waals surface area contributed by atoms with E-state index in [0.717, 1.165) is 18.8 Å². The molecule has 1 saturated heterocycles. The van der Waals surface area contributed by atoms with E-state index in [9.17, 15) is 4.79 Å². The summed E-state index contributed by atoms with van der Waals surface area (Å²) in [6.45, 7) is 2.64. The number of rotatable bonds is 4. The first-order valence-corrected chi connectivity index (χ1v) is 5.67. The summed E-state index contributed by atoms with van der Waals surface area (Å²) in [4.78, 5) is 12.9. The maximum atomic E-state index is 10.8. The molecule has 1 aromatic heterocycles. The monoisotopic (exact) mass is 239 g/mol. The summed E-state index contributed by atoms with van der Waals surface area (Å²) < 4.78 is 7.15. The highest BCUT2D eigenvalue weighted by Crippen LogP contribution is 2.14. The van der Waals surface area contributed by atoms with Crippen LogP contribution in [0.2, 0.25) is 0 Å². The third-order valence-corrected chi connectivity index (χ3v) is 3.05. The number of hydrogen-bond acceptors (Lipinski definition) is 4. The van der Waals surface area contributed by atoms with Gasteiger partial charge in [0.1, 0.15) is 0 Å². The number of aryl methyl sites for hydroxylation is 1. The second-order valence-electron chi connectivity index (χ2n) is 4.24. The molecule has 0 saturated carbocycles. The van der Waals surface area contributed by atoms with Crippen molar-refractivity contribution in [3.8, 4) is 0 Å². The fourth-order valence-electron chi connectivity index (χ4n) is 2.05. The predicted molar refractivity (Wildman–Crippen MR) is 60.5 cm³/mol. The number of nitrogens with zero attached hydrogens (tertiary/aromatic N) is 3. The number of morpholine rings is 1. The minimum Gasteiger partial charge on any atom is -0.481 e. The first-order valence-electron chi connectivity index (χ1n) is 5.67. The van der Waals surface area contributed by atoms with Gasteiger partial charge in [0.2, 0.25) is 0 Å². The molecule has 1 aliphatic heterocycles. The van der Waals surface area contributed by atoms with Gasteiger partial charge in [-0.15, -0.1) is 0 Å². The van der Waals surface area contributed by atoms with Crippen molar-refractivity contribution in [1.82, 2.24) is 14.7 Å². The molecule has 0 amide bonds. The SMILES string of the molecule is Cn1nccc1CN1CCOCC1CC(=O)O. The van der Waals surface area contributed by atoms with E-state index in [1.54, 1.807) is 6.20 Å². The first-order chi connectivity index (χ1) is 8.16. The van der Waals surface area contributed by atoms with Gasteiger partial charge in [0.15, 0.2) is 0 Å². The average molecular weight is 239 g/mol. The van der Waals surface area contributed by atoms with Crippen LogP contribution in [-0.4, -0.2) is 51.6 Å².